The van der Waals surface area contributed by atoms with Crippen LogP contribution in [0.2, 0.25) is 0 Å². The highest BCUT2D eigenvalue weighted by atomic mass is 79.9. The maximum atomic E-state index is 4.26. The van der Waals surface area contributed by atoms with Gasteiger partial charge < -0.3 is 0 Å². The molecule has 0 aliphatic heterocycles. The predicted octanol–water partition coefficient (Wildman–Crippen LogP) is 5.66. The standard InChI is InChI=1S/C18H13Br/c1-13(14-9-11-16(19)12-10-14)17-8-4-6-15-5-2-3-7-18(15)17/h2-12H,1H2. The average Bonchev–Trinajstić information content (AvgIpc) is 2.47. The maximum Gasteiger partial charge on any atom is 0.0175 e. The van der Waals surface area contributed by atoms with Gasteiger partial charge in [-0.3, -0.25) is 0 Å². The highest BCUT2D eigenvalue weighted by molar-refractivity contribution is 9.10. The Labute approximate surface area is 121 Å². The minimum Gasteiger partial charge on any atom is -0.0905 e. The van der Waals surface area contributed by atoms with Crippen molar-refractivity contribution in [1.29, 1.82) is 0 Å². The summed E-state index contributed by atoms with van der Waals surface area (Å²) in [6, 6.07) is 23.0. The van der Waals surface area contributed by atoms with Gasteiger partial charge in [0.1, 0.15) is 0 Å². The number of hydrogen-bond donors (Lipinski definition) is 0. The molecule has 0 atom stereocenters. The summed E-state index contributed by atoms with van der Waals surface area (Å²) >= 11 is 3.46. The highest BCUT2D eigenvalue weighted by Gasteiger charge is 2.06. The van der Waals surface area contributed by atoms with Crippen molar-refractivity contribution in [3.05, 3.63) is 88.9 Å². The minimum atomic E-state index is 1.06. The third kappa shape index (κ3) is 2.34. The Bertz CT molecular complexity index is 734. The maximum absolute atomic E-state index is 4.26. The summed E-state index contributed by atoms with van der Waals surface area (Å²) in [4.78, 5) is 0. The second-order valence-electron chi connectivity index (χ2n) is 4.51. The van der Waals surface area contributed by atoms with E-state index in [2.05, 4.69) is 77.1 Å². The van der Waals surface area contributed by atoms with Crippen LogP contribution in [-0.4, -0.2) is 0 Å². The molecule has 0 unspecified atom stereocenters. The summed E-state index contributed by atoms with van der Waals surface area (Å²) in [5.41, 5.74) is 3.41. The van der Waals surface area contributed by atoms with Gasteiger partial charge in [0.15, 0.2) is 0 Å². The van der Waals surface area contributed by atoms with Crippen LogP contribution in [0.1, 0.15) is 11.1 Å². The van der Waals surface area contributed by atoms with E-state index in [9.17, 15) is 0 Å². The molecule has 0 aromatic heterocycles. The van der Waals surface area contributed by atoms with Crippen molar-refractivity contribution < 1.29 is 0 Å². The summed E-state index contributed by atoms with van der Waals surface area (Å²) in [6.45, 7) is 4.26. The molecule has 0 heterocycles. The molecule has 1 heteroatoms. The van der Waals surface area contributed by atoms with Gasteiger partial charge in [-0.25, -0.2) is 0 Å². The zero-order valence-electron chi connectivity index (χ0n) is 10.4. The van der Waals surface area contributed by atoms with E-state index in [1.54, 1.807) is 0 Å². The lowest BCUT2D eigenvalue weighted by Crippen LogP contribution is -1.88. The van der Waals surface area contributed by atoms with Crippen LogP contribution in [0.3, 0.4) is 0 Å². The van der Waals surface area contributed by atoms with Gasteiger partial charge in [0.2, 0.25) is 0 Å². The SMILES string of the molecule is C=C(c1ccc(Br)cc1)c1cccc2ccccc12. The Balaban J connectivity index is 2.14. The third-order valence-electron chi connectivity index (χ3n) is 3.31. The normalized spacial score (nSPS) is 10.6. The van der Waals surface area contributed by atoms with Crippen LogP contribution < -0.4 is 0 Å². The van der Waals surface area contributed by atoms with Gasteiger partial charge in [-0.15, -0.1) is 0 Å². The molecule has 0 aliphatic carbocycles. The third-order valence-corrected chi connectivity index (χ3v) is 3.84. The predicted molar refractivity (Wildman–Crippen MR) is 86.2 cm³/mol. The van der Waals surface area contributed by atoms with E-state index in [0.717, 1.165) is 15.6 Å². The fourth-order valence-electron chi connectivity index (χ4n) is 2.30. The summed E-state index contributed by atoms with van der Waals surface area (Å²) in [5.74, 6) is 0. The lowest BCUT2D eigenvalue weighted by Gasteiger charge is -2.10. The molecular weight excluding hydrogens is 296 g/mol. The summed E-state index contributed by atoms with van der Waals surface area (Å²) in [7, 11) is 0. The van der Waals surface area contributed by atoms with Crippen molar-refractivity contribution in [1.82, 2.24) is 0 Å². The Morgan fingerprint density at radius 3 is 2.26 bits per heavy atom. The van der Waals surface area contributed by atoms with Crippen molar-refractivity contribution in [2.45, 2.75) is 0 Å². The Kier molecular flexibility index (Phi) is 3.22. The lowest BCUT2D eigenvalue weighted by atomic mass is 9.94. The molecule has 0 saturated heterocycles. The molecule has 0 nitrogen and oxygen atoms in total. The van der Waals surface area contributed by atoms with Gasteiger partial charge in [0.25, 0.3) is 0 Å². The van der Waals surface area contributed by atoms with E-state index >= 15 is 0 Å². The molecule has 0 N–H and O–H groups in total. The molecule has 0 spiro atoms. The van der Waals surface area contributed by atoms with Gasteiger partial charge in [-0.1, -0.05) is 77.1 Å². The number of benzene rings is 3. The van der Waals surface area contributed by atoms with E-state index < -0.39 is 0 Å². The number of fused-ring (bicyclic) bond motifs is 1. The first kappa shape index (κ1) is 12.2. The lowest BCUT2D eigenvalue weighted by molar-refractivity contribution is 1.56. The molecular formula is C18H13Br. The topological polar surface area (TPSA) is 0 Å². The molecule has 0 fully saturated rings. The molecule has 0 saturated carbocycles. The first-order valence-corrected chi connectivity index (χ1v) is 6.98. The van der Waals surface area contributed by atoms with E-state index in [4.69, 9.17) is 0 Å². The van der Waals surface area contributed by atoms with Crippen molar-refractivity contribution in [2.75, 3.05) is 0 Å². The molecule has 92 valence electrons. The monoisotopic (exact) mass is 308 g/mol. The van der Waals surface area contributed by atoms with Crippen LogP contribution in [0.5, 0.6) is 0 Å². The Morgan fingerprint density at radius 2 is 1.47 bits per heavy atom. The quantitative estimate of drug-likeness (QED) is 0.572. The Hall–Kier alpha value is -1.86. The van der Waals surface area contributed by atoms with Crippen molar-refractivity contribution >= 4 is 32.3 Å². The summed E-state index contributed by atoms with van der Waals surface area (Å²) < 4.78 is 1.09. The van der Waals surface area contributed by atoms with Crippen LogP contribution in [-0.2, 0) is 0 Å². The van der Waals surface area contributed by atoms with Gasteiger partial charge in [-0.05, 0) is 39.6 Å². The number of rotatable bonds is 2. The first-order chi connectivity index (χ1) is 9.25. The van der Waals surface area contributed by atoms with Gasteiger partial charge in [0.05, 0.1) is 0 Å². The fourth-order valence-corrected chi connectivity index (χ4v) is 2.56. The smallest absolute Gasteiger partial charge is 0.0175 e. The van der Waals surface area contributed by atoms with E-state index in [1.165, 1.54) is 16.3 Å². The first-order valence-electron chi connectivity index (χ1n) is 6.19. The number of hydrogen-bond acceptors (Lipinski definition) is 0. The van der Waals surface area contributed by atoms with Crippen LogP contribution in [0, 0.1) is 0 Å². The second-order valence-corrected chi connectivity index (χ2v) is 5.43. The zero-order valence-corrected chi connectivity index (χ0v) is 12.0. The van der Waals surface area contributed by atoms with Crippen LogP contribution in [0.25, 0.3) is 16.3 Å². The molecule has 0 bridgehead atoms. The van der Waals surface area contributed by atoms with Gasteiger partial charge >= 0.3 is 0 Å². The van der Waals surface area contributed by atoms with Crippen molar-refractivity contribution in [3.63, 3.8) is 0 Å². The largest absolute Gasteiger partial charge is 0.0905 e. The molecule has 3 rings (SSSR count). The van der Waals surface area contributed by atoms with Crippen molar-refractivity contribution in [3.8, 4) is 0 Å². The molecule has 3 aromatic carbocycles. The zero-order chi connectivity index (χ0) is 13.2. The van der Waals surface area contributed by atoms with Crippen LogP contribution in [0.15, 0.2) is 77.8 Å². The minimum absolute atomic E-state index is 1.06. The van der Waals surface area contributed by atoms with Gasteiger partial charge in [-0.2, -0.15) is 0 Å². The van der Waals surface area contributed by atoms with Crippen molar-refractivity contribution in [2.24, 2.45) is 0 Å². The highest BCUT2D eigenvalue weighted by Crippen LogP contribution is 2.29. The molecule has 0 aliphatic rings. The fraction of sp³-hybridized carbons (Fsp3) is 0. The average molecular weight is 309 g/mol. The molecule has 0 radical (unpaired) electrons. The molecule has 3 aromatic rings. The summed E-state index contributed by atoms with van der Waals surface area (Å²) in [6.07, 6.45) is 0. The van der Waals surface area contributed by atoms with Crippen LogP contribution >= 0.6 is 15.9 Å². The van der Waals surface area contributed by atoms with Crippen LogP contribution in [0.4, 0.5) is 0 Å². The van der Waals surface area contributed by atoms with E-state index in [-0.39, 0.29) is 0 Å². The molecule has 19 heavy (non-hydrogen) atoms. The summed E-state index contributed by atoms with van der Waals surface area (Å²) in [5, 5.41) is 2.50. The molecule has 0 amide bonds. The Morgan fingerprint density at radius 1 is 0.789 bits per heavy atom. The van der Waals surface area contributed by atoms with Gasteiger partial charge in [0, 0.05) is 4.47 Å². The number of halogens is 1. The van der Waals surface area contributed by atoms with E-state index in [0.29, 0.717) is 0 Å². The van der Waals surface area contributed by atoms with E-state index in [1.807, 2.05) is 12.1 Å². The second kappa shape index (κ2) is 5.02.